The lowest BCUT2D eigenvalue weighted by molar-refractivity contribution is 0.218. The number of rotatable bonds is 7. The van der Waals surface area contributed by atoms with Crippen LogP contribution < -0.4 is 5.32 Å². The maximum absolute atomic E-state index is 6.48. The number of hydrogen-bond acceptors (Lipinski definition) is 1. The molecule has 15 heavy (non-hydrogen) atoms. The number of nitrogens with one attached hydrogen (secondary N) is 1. The quantitative estimate of drug-likeness (QED) is 0.633. The molecule has 2 radical (unpaired) electrons. The van der Waals surface area contributed by atoms with E-state index in [1.54, 1.807) is 0 Å². The topological polar surface area (TPSA) is 12.0 Å². The molecule has 0 aliphatic heterocycles. The Balaban J connectivity index is 4.39. The van der Waals surface area contributed by atoms with Crippen molar-refractivity contribution >= 4 is 7.85 Å². The van der Waals surface area contributed by atoms with Gasteiger partial charge < -0.3 is 5.32 Å². The van der Waals surface area contributed by atoms with Crippen molar-refractivity contribution in [2.75, 3.05) is 13.6 Å². The van der Waals surface area contributed by atoms with Crippen molar-refractivity contribution in [1.82, 2.24) is 5.32 Å². The average Bonchev–Trinajstić information content (AvgIpc) is 2.13. The Bertz CT molecular complexity index is 177. The van der Waals surface area contributed by atoms with Gasteiger partial charge >= 0.3 is 0 Å². The van der Waals surface area contributed by atoms with Crippen LogP contribution in [0.15, 0.2) is 0 Å². The van der Waals surface area contributed by atoms with Gasteiger partial charge in [0.2, 0.25) is 0 Å². The lowest BCUT2D eigenvalue weighted by atomic mass is 9.54. The Hall–Kier alpha value is 0.0249. The van der Waals surface area contributed by atoms with Crippen LogP contribution in [0, 0.1) is 11.3 Å². The summed E-state index contributed by atoms with van der Waals surface area (Å²) in [7, 11) is 8.49. The van der Waals surface area contributed by atoms with Gasteiger partial charge in [0.15, 0.2) is 0 Å². The zero-order valence-electron chi connectivity index (χ0n) is 11.5. The molecule has 0 spiro atoms. The fraction of sp³-hybridized carbons (Fsp3) is 1.00. The molecule has 0 amide bonds. The second kappa shape index (κ2) is 5.93. The molecule has 0 aromatic carbocycles. The summed E-state index contributed by atoms with van der Waals surface area (Å²) < 4.78 is 0. The van der Waals surface area contributed by atoms with Gasteiger partial charge in [-0.3, -0.25) is 0 Å². The van der Waals surface area contributed by atoms with E-state index in [4.69, 9.17) is 7.85 Å². The summed E-state index contributed by atoms with van der Waals surface area (Å²) in [6, 6.07) is 0. The van der Waals surface area contributed by atoms with Gasteiger partial charge in [-0.1, -0.05) is 52.8 Å². The molecule has 88 valence electrons. The molecule has 0 saturated heterocycles. The van der Waals surface area contributed by atoms with Gasteiger partial charge in [-0.2, -0.15) is 0 Å². The van der Waals surface area contributed by atoms with Crippen LogP contribution in [-0.4, -0.2) is 21.4 Å². The number of hydrogen-bond donors (Lipinski definition) is 1. The van der Waals surface area contributed by atoms with E-state index in [9.17, 15) is 0 Å². The van der Waals surface area contributed by atoms with Crippen LogP contribution in [0.3, 0.4) is 0 Å². The first-order chi connectivity index (χ1) is 6.77. The molecule has 0 bridgehead atoms. The SMILES string of the molecule is [B]C(CC)(CC(C)(C)CCNC)C(C)C. The first kappa shape index (κ1) is 15.0. The molecule has 0 aliphatic carbocycles. The van der Waals surface area contributed by atoms with Gasteiger partial charge in [0.25, 0.3) is 0 Å². The summed E-state index contributed by atoms with van der Waals surface area (Å²) in [5.74, 6) is 0.552. The molecule has 1 nitrogen and oxygen atoms in total. The third kappa shape index (κ3) is 5.06. The zero-order chi connectivity index (χ0) is 12.1. The Morgan fingerprint density at radius 3 is 2.13 bits per heavy atom. The van der Waals surface area contributed by atoms with E-state index in [0.29, 0.717) is 11.3 Å². The zero-order valence-corrected chi connectivity index (χ0v) is 11.5. The van der Waals surface area contributed by atoms with Crippen LogP contribution in [0.4, 0.5) is 0 Å². The van der Waals surface area contributed by atoms with E-state index in [2.05, 4.69) is 39.9 Å². The molecule has 1 atom stereocenters. The summed E-state index contributed by atoms with van der Waals surface area (Å²) in [6.45, 7) is 12.4. The molecular weight excluding hydrogens is 181 g/mol. The van der Waals surface area contributed by atoms with Crippen molar-refractivity contribution in [2.24, 2.45) is 11.3 Å². The van der Waals surface area contributed by atoms with Gasteiger partial charge in [-0.15, -0.1) is 0 Å². The first-order valence-electron chi connectivity index (χ1n) is 6.21. The molecular formula is C13H28BN. The molecule has 0 saturated carbocycles. The summed E-state index contributed by atoms with van der Waals surface area (Å²) in [4.78, 5) is 0. The van der Waals surface area contributed by atoms with E-state index in [1.807, 2.05) is 7.05 Å². The minimum atomic E-state index is -0.00274. The van der Waals surface area contributed by atoms with Crippen LogP contribution in [0.2, 0.25) is 5.31 Å². The molecule has 1 unspecified atom stereocenters. The summed E-state index contributed by atoms with van der Waals surface area (Å²) in [5, 5.41) is 3.21. The largest absolute Gasteiger partial charge is 0.320 e. The maximum atomic E-state index is 6.48. The van der Waals surface area contributed by atoms with Gasteiger partial charge in [0, 0.05) is 0 Å². The van der Waals surface area contributed by atoms with Gasteiger partial charge in [-0.25, -0.2) is 0 Å². The molecule has 0 fully saturated rings. The smallest absolute Gasteiger partial charge is 0.0749 e. The highest BCUT2D eigenvalue weighted by atomic mass is 14.8. The van der Waals surface area contributed by atoms with Crippen LogP contribution in [0.25, 0.3) is 0 Å². The Morgan fingerprint density at radius 1 is 1.27 bits per heavy atom. The summed E-state index contributed by atoms with van der Waals surface area (Å²) >= 11 is 0. The Morgan fingerprint density at radius 2 is 1.80 bits per heavy atom. The molecule has 0 heterocycles. The second-order valence-electron chi connectivity index (χ2n) is 5.94. The summed E-state index contributed by atoms with van der Waals surface area (Å²) in [6.07, 6.45) is 3.36. The first-order valence-corrected chi connectivity index (χ1v) is 6.21. The predicted octanol–water partition coefficient (Wildman–Crippen LogP) is 3.41. The molecule has 1 N–H and O–H groups in total. The van der Waals surface area contributed by atoms with E-state index >= 15 is 0 Å². The van der Waals surface area contributed by atoms with Crippen LogP contribution in [-0.2, 0) is 0 Å². The molecule has 0 aliphatic rings. The van der Waals surface area contributed by atoms with Crippen LogP contribution in [0.5, 0.6) is 0 Å². The Kier molecular flexibility index (Phi) is 5.94. The lowest BCUT2D eigenvalue weighted by Gasteiger charge is -2.41. The van der Waals surface area contributed by atoms with Crippen molar-refractivity contribution < 1.29 is 0 Å². The third-order valence-electron chi connectivity index (χ3n) is 3.67. The predicted molar refractivity (Wildman–Crippen MR) is 70.5 cm³/mol. The second-order valence-corrected chi connectivity index (χ2v) is 5.94. The third-order valence-corrected chi connectivity index (χ3v) is 3.67. The molecule has 0 aromatic rings. The minimum Gasteiger partial charge on any atom is -0.320 e. The highest BCUT2D eigenvalue weighted by Gasteiger charge is 2.32. The van der Waals surface area contributed by atoms with Crippen molar-refractivity contribution in [2.45, 2.75) is 59.2 Å². The lowest BCUT2D eigenvalue weighted by Crippen LogP contribution is -2.29. The van der Waals surface area contributed by atoms with E-state index in [-0.39, 0.29) is 5.31 Å². The van der Waals surface area contributed by atoms with Crippen LogP contribution in [0.1, 0.15) is 53.9 Å². The highest BCUT2D eigenvalue weighted by molar-refractivity contribution is 6.15. The standard InChI is InChI=1S/C13H28BN/c1-7-13(14,11(2)3)10-12(4,5)8-9-15-6/h11,15H,7-10H2,1-6H3. The van der Waals surface area contributed by atoms with Gasteiger partial charge in [0.1, 0.15) is 0 Å². The van der Waals surface area contributed by atoms with Crippen molar-refractivity contribution in [1.29, 1.82) is 0 Å². The maximum Gasteiger partial charge on any atom is 0.0749 e. The molecule has 2 heteroatoms. The monoisotopic (exact) mass is 209 g/mol. The summed E-state index contributed by atoms with van der Waals surface area (Å²) in [5.41, 5.74) is 0.331. The fourth-order valence-corrected chi connectivity index (χ4v) is 2.18. The Labute approximate surface area is 97.8 Å². The molecule has 0 aromatic heterocycles. The average molecular weight is 209 g/mol. The van der Waals surface area contributed by atoms with Crippen molar-refractivity contribution in [3.8, 4) is 0 Å². The highest BCUT2D eigenvalue weighted by Crippen LogP contribution is 2.46. The molecule has 0 rings (SSSR count). The van der Waals surface area contributed by atoms with Gasteiger partial charge in [-0.05, 0) is 31.3 Å². The van der Waals surface area contributed by atoms with Crippen molar-refractivity contribution in [3.05, 3.63) is 0 Å². The van der Waals surface area contributed by atoms with E-state index in [1.165, 1.54) is 6.42 Å². The fourth-order valence-electron chi connectivity index (χ4n) is 2.18. The van der Waals surface area contributed by atoms with Crippen molar-refractivity contribution in [3.63, 3.8) is 0 Å². The van der Waals surface area contributed by atoms with E-state index < -0.39 is 0 Å². The normalized spacial score (nSPS) is 16.7. The van der Waals surface area contributed by atoms with Crippen LogP contribution >= 0.6 is 0 Å². The van der Waals surface area contributed by atoms with E-state index in [0.717, 1.165) is 19.4 Å². The minimum absolute atomic E-state index is 0.00274. The van der Waals surface area contributed by atoms with Gasteiger partial charge in [0.05, 0.1) is 7.85 Å².